The predicted octanol–water partition coefficient (Wildman–Crippen LogP) is 11.9. The molecule has 230 valence electrons. The zero-order valence-electron chi connectivity index (χ0n) is 26.3. The first kappa shape index (κ1) is 27.1. The summed E-state index contributed by atoms with van der Waals surface area (Å²) < 4.78 is 13.6. The van der Waals surface area contributed by atoms with E-state index in [-0.39, 0.29) is 0 Å². The molecule has 6 heteroatoms. The van der Waals surface area contributed by atoms with Crippen molar-refractivity contribution in [2.24, 2.45) is 0 Å². The summed E-state index contributed by atoms with van der Waals surface area (Å²) in [4.78, 5) is 0. The molecule has 0 spiro atoms. The Hall–Kier alpha value is -6.86. The summed E-state index contributed by atoms with van der Waals surface area (Å²) in [5.41, 5.74) is 9.14. The van der Waals surface area contributed by atoms with E-state index in [1.807, 2.05) is 53.8 Å². The number of para-hydroxylation sites is 1. The summed E-state index contributed by atoms with van der Waals surface area (Å²) in [6.45, 7) is 0. The maximum Gasteiger partial charge on any atom is 0.135 e. The number of hydrogen-bond acceptors (Lipinski definition) is 4. The van der Waals surface area contributed by atoms with Crippen LogP contribution in [-0.2, 0) is 0 Å². The van der Waals surface area contributed by atoms with E-state index in [0.29, 0.717) is 11.1 Å². The van der Waals surface area contributed by atoms with Gasteiger partial charge in [-0.15, -0.1) is 11.3 Å². The molecule has 0 N–H and O–H groups in total. The molecule has 5 nitrogen and oxygen atoms in total. The normalized spacial score (nSPS) is 12.0. The molecule has 0 aliphatic heterocycles. The van der Waals surface area contributed by atoms with Gasteiger partial charge in [0.25, 0.3) is 0 Å². The van der Waals surface area contributed by atoms with Crippen molar-refractivity contribution >= 4 is 97.1 Å². The molecular weight excluding hydrogens is 633 g/mol. The third-order valence-electron chi connectivity index (χ3n) is 10.2. The second kappa shape index (κ2) is 9.84. The molecule has 0 bridgehead atoms. The number of aromatic nitrogens is 2. The molecule has 0 atom stereocenters. The summed E-state index contributed by atoms with van der Waals surface area (Å²) in [6, 6.07) is 50.7. The average Bonchev–Trinajstić information content (AvgIpc) is 3.91. The molecule has 11 aromatic rings. The molecule has 0 saturated carbocycles. The van der Waals surface area contributed by atoms with Crippen LogP contribution in [0.2, 0.25) is 0 Å². The highest BCUT2D eigenvalue weighted by Crippen LogP contribution is 2.44. The van der Waals surface area contributed by atoms with Gasteiger partial charge in [-0.2, -0.15) is 10.5 Å². The third-order valence-corrected chi connectivity index (χ3v) is 11.4. The topological polar surface area (TPSA) is 70.6 Å². The average molecular weight is 655 g/mol. The van der Waals surface area contributed by atoms with E-state index >= 15 is 0 Å². The van der Waals surface area contributed by atoms with Gasteiger partial charge in [-0.3, -0.25) is 0 Å². The lowest BCUT2D eigenvalue weighted by Gasteiger charge is -2.09. The van der Waals surface area contributed by atoms with Gasteiger partial charge in [-0.1, -0.05) is 42.5 Å². The summed E-state index contributed by atoms with van der Waals surface area (Å²) in [6.07, 6.45) is 0. The predicted molar refractivity (Wildman–Crippen MR) is 205 cm³/mol. The standard InChI is InChI=1S/C44H22N4OS/c45-23-25-9-14-37-32(19-25)33-20-26(24-46)10-15-38(33)47(37)27-11-17-40-34(21-27)35-22-28(12-18-41(35)49-40)48-36-7-3-1-6-31(36)43-39(48)16-13-30-29-5-2-4-8-42(29)50-44(30)43/h1-22H. The van der Waals surface area contributed by atoms with Crippen molar-refractivity contribution < 1.29 is 4.42 Å². The molecule has 4 aromatic heterocycles. The van der Waals surface area contributed by atoms with E-state index in [1.165, 1.54) is 42.0 Å². The Balaban J connectivity index is 1.16. The van der Waals surface area contributed by atoms with E-state index < -0.39 is 0 Å². The molecule has 0 saturated heterocycles. The minimum absolute atomic E-state index is 0.584. The van der Waals surface area contributed by atoms with Crippen LogP contribution in [0.15, 0.2) is 138 Å². The van der Waals surface area contributed by atoms with Crippen molar-refractivity contribution in [1.82, 2.24) is 9.13 Å². The van der Waals surface area contributed by atoms with Crippen LogP contribution in [0.3, 0.4) is 0 Å². The number of benzene rings is 7. The zero-order chi connectivity index (χ0) is 33.1. The van der Waals surface area contributed by atoms with Crippen molar-refractivity contribution in [3.05, 3.63) is 145 Å². The minimum atomic E-state index is 0.584. The Morgan fingerprint density at radius 1 is 0.460 bits per heavy atom. The van der Waals surface area contributed by atoms with Gasteiger partial charge < -0.3 is 13.6 Å². The lowest BCUT2D eigenvalue weighted by molar-refractivity contribution is 0.669. The second-order valence-corrected chi connectivity index (χ2v) is 13.8. The van der Waals surface area contributed by atoms with E-state index in [0.717, 1.165) is 55.1 Å². The van der Waals surface area contributed by atoms with Gasteiger partial charge in [-0.05, 0) is 91.0 Å². The molecule has 11 rings (SSSR count). The van der Waals surface area contributed by atoms with Gasteiger partial charge in [0, 0.05) is 63.9 Å². The largest absolute Gasteiger partial charge is 0.456 e. The van der Waals surface area contributed by atoms with Crippen LogP contribution in [0, 0.1) is 22.7 Å². The fourth-order valence-electron chi connectivity index (χ4n) is 7.99. The number of hydrogen-bond donors (Lipinski definition) is 0. The Bertz CT molecular complexity index is 3290. The van der Waals surface area contributed by atoms with E-state index in [9.17, 15) is 10.5 Å². The van der Waals surface area contributed by atoms with Crippen LogP contribution in [0.25, 0.3) is 97.1 Å². The lowest BCUT2D eigenvalue weighted by atomic mass is 10.1. The van der Waals surface area contributed by atoms with Crippen LogP contribution >= 0.6 is 11.3 Å². The monoisotopic (exact) mass is 654 g/mol. The van der Waals surface area contributed by atoms with E-state index in [2.05, 4.69) is 112 Å². The van der Waals surface area contributed by atoms with Crippen molar-refractivity contribution in [3.8, 4) is 23.5 Å². The Morgan fingerprint density at radius 3 is 1.68 bits per heavy atom. The van der Waals surface area contributed by atoms with E-state index in [4.69, 9.17) is 4.42 Å². The number of thiophene rings is 1. The zero-order valence-corrected chi connectivity index (χ0v) is 27.1. The Morgan fingerprint density at radius 2 is 1.02 bits per heavy atom. The first-order valence-electron chi connectivity index (χ1n) is 16.4. The molecule has 0 aliphatic rings. The van der Waals surface area contributed by atoms with Crippen LogP contribution in [0.1, 0.15) is 11.1 Å². The maximum atomic E-state index is 9.65. The molecule has 0 fully saturated rings. The van der Waals surface area contributed by atoms with Gasteiger partial charge in [0.1, 0.15) is 11.2 Å². The molecule has 7 aromatic carbocycles. The minimum Gasteiger partial charge on any atom is -0.456 e. The SMILES string of the molecule is N#Cc1ccc2c(c1)c1cc(C#N)ccc1n2-c1ccc2oc3ccc(-n4c5ccccc5c5c6sc7ccccc7c6ccc54)cc3c2c1. The van der Waals surface area contributed by atoms with Crippen molar-refractivity contribution in [2.75, 3.05) is 0 Å². The highest BCUT2D eigenvalue weighted by Gasteiger charge is 2.19. The Labute approximate surface area is 288 Å². The first-order chi connectivity index (χ1) is 24.7. The summed E-state index contributed by atoms with van der Waals surface area (Å²) in [7, 11) is 0. The first-order valence-corrected chi connectivity index (χ1v) is 17.2. The van der Waals surface area contributed by atoms with Crippen molar-refractivity contribution in [2.45, 2.75) is 0 Å². The fraction of sp³-hybridized carbons (Fsp3) is 0. The molecule has 0 amide bonds. The number of furan rings is 1. The number of nitrogens with zero attached hydrogens (tertiary/aromatic N) is 4. The maximum absolute atomic E-state index is 9.65. The van der Waals surface area contributed by atoms with Gasteiger partial charge in [-0.25, -0.2) is 0 Å². The molecule has 0 unspecified atom stereocenters. The van der Waals surface area contributed by atoms with Crippen LogP contribution in [0.4, 0.5) is 0 Å². The van der Waals surface area contributed by atoms with Crippen molar-refractivity contribution in [1.29, 1.82) is 10.5 Å². The summed E-state index contributed by atoms with van der Waals surface area (Å²) >= 11 is 1.86. The molecule has 0 radical (unpaired) electrons. The third kappa shape index (κ3) is 3.58. The van der Waals surface area contributed by atoms with Crippen LogP contribution < -0.4 is 0 Å². The van der Waals surface area contributed by atoms with Crippen LogP contribution in [0.5, 0.6) is 0 Å². The molecule has 50 heavy (non-hydrogen) atoms. The van der Waals surface area contributed by atoms with Crippen LogP contribution in [-0.4, -0.2) is 9.13 Å². The second-order valence-electron chi connectivity index (χ2n) is 12.8. The lowest BCUT2D eigenvalue weighted by Crippen LogP contribution is -1.94. The van der Waals surface area contributed by atoms with Gasteiger partial charge >= 0.3 is 0 Å². The highest BCUT2D eigenvalue weighted by molar-refractivity contribution is 7.26. The summed E-state index contributed by atoms with van der Waals surface area (Å²) in [5.74, 6) is 0. The van der Waals surface area contributed by atoms with Crippen molar-refractivity contribution in [3.63, 3.8) is 0 Å². The Kier molecular flexibility index (Phi) is 5.34. The molecule has 0 aliphatic carbocycles. The quantitative estimate of drug-likeness (QED) is 0.186. The molecular formula is C44H22N4OS. The smallest absolute Gasteiger partial charge is 0.135 e. The number of nitriles is 2. The summed E-state index contributed by atoms with van der Waals surface area (Å²) in [5, 5.41) is 28.4. The van der Waals surface area contributed by atoms with E-state index in [1.54, 1.807) is 0 Å². The molecule has 4 heterocycles. The number of fused-ring (bicyclic) bond motifs is 13. The fourth-order valence-corrected chi connectivity index (χ4v) is 9.24. The van der Waals surface area contributed by atoms with Gasteiger partial charge in [0.15, 0.2) is 0 Å². The highest BCUT2D eigenvalue weighted by atomic mass is 32.1. The van der Waals surface area contributed by atoms with Gasteiger partial charge in [0.2, 0.25) is 0 Å². The number of rotatable bonds is 2. The van der Waals surface area contributed by atoms with Gasteiger partial charge in [0.05, 0.1) is 45.3 Å².